The number of hydrogen-bond acceptors (Lipinski definition) is 3. The largest absolute Gasteiger partial charge is 0.459 e. The van der Waals surface area contributed by atoms with Crippen LogP contribution in [-0.2, 0) is 4.74 Å². The highest BCUT2D eigenvalue weighted by Crippen LogP contribution is 2.13. The summed E-state index contributed by atoms with van der Waals surface area (Å²) in [7, 11) is 0. The molecule has 16 heavy (non-hydrogen) atoms. The molecule has 88 valence electrons. The van der Waals surface area contributed by atoms with Crippen molar-refractivity contribution in [2.24, 2.45) is 5.92 Å². The van der Waals surface area contributed by atoms with Crippen LogP contribution in [0.15, 0.2) is 29.2 Å². The first-order chi connectivity index (χ1) is 7.49. The molecular weight excluding hydrogens is 220 g/mol. The highest BCUT2D eigenvalue weighted by Gasteiger charge is 2.13. The van der Waals surface area contributed by atoms with Crippen LogP contribution in [0.5, 0.6) is 0 Å². The average molecular weight is 238 g/mol. The fraction of sp³-hybridized carbons (Fsp3) is 0.462. The molecule has 1 rings (SSSR count). The van der Waals surface area contributed by atoms with Crippen LogP contribution in [0.1, 0.15) is 37.6 Å². The Balaban J connectivity index is 2.59. The number of ether oxygens (including phenoxy) is 1. The minimum Gasteiger partial charge on any atom is -0.459 e. The lowest BCUT2D eigenvalue weighted by atomic mass is 10.1. The molecule has 0 heterocycles. The van der Waals surface area contributed by atoms with Gasteiger partial charge in [0.2, 0.25) is 0 Å². The maximum absolute atomic E-state index is 11.7. The minimum atomic E-state index is -0.274. The van der Waals surface area contributed by atoms with E-state index in [1.54, 1.807) is 18.2 Å². The van der Waals surface area contributed by atoms with Crippen LogP contribution < -0.4 is 0 Å². The lowest BCUT2D eigenvalue weighted by molar-refractivity contribution is 0.0299. The number of carbonyl (C=O) groups is 1. The first-order valence-electron chi connectivity index (χ1n) is 5.49. The molecule has 1 atom stereocenters. The van der Waals surface area contributed by atoms with Crippen LogP contribution in [-0.4, -0.2) is 12.1 Å². The number of carbonyl (C=O) groups excluding carboxylic acids is 1. The maximum Gasteiger partial charge on any atom is 0.338 e. The second-order valence-corrected chi connectivity index (χ2v) is 4.91. The molecule has 0 bridgehead atoms. The highest BCUT2D eigenvalue weighted by atomic mass is 32.1. The topological polar surface area (TPSA) is 26.3 Å². The smallest absolute Gasteiger partial charge is 0.338 e. The Morgan fingerprint density at radius 3 is 2.62 bits per heavy atom. The number of thiol groups is 1. The second kappa shape index (κ2) is 5.94. The minimum absolute atomic E-state index is 0.0453. The van der Waals surface area contributed by atoms with E-state index in [1.807, 2.05) is 13.0 Å². The summed E-state index contributed by atoms with van der Waals surface area (Å²) < 4.78 is 5.33. The van der Waals surface area contributed by atoms with Gasteiger partial charge in [0.15, 0.2) is 0 Å². The van der Waals surface area contributed by atoms with Gasteiger partial charge in [-0.3, -0.25) is 0 Å². The predicted molar refractivity (Wildman–Crippen MR) is 68.0 cm³/mol. The van der Waals surface area contributed by atoms with E-state index in [9.17, 15) is 4.79 Å². The zero-order chi connectivity index (χ0) is 12.1. The zero-order valence-corrected chi connectivity index (χ0v) is 10.8. The maximum atomic E-state index is 11.7. The molecular formula is C13H18O2S. The Morgan fingerprint density at radius 2 is 2.06 bits per heavy atom. The summed E-state index contributed by atoms with van der Waals surface area (Å²) in [5, 5.41) is 0. The summed E-state index contributed by atoms with van der Waals surface area (Å²) in [5.41, 5.74) is 0.558. The number of benzene rings is 1. The molecule has 1 unspecified atom stereocenters. The van der Waals surface area contributed by atoms with E-state index < -0.39 is 0 Å². The van der Waals surface area contributed by atoms with Crippen molar-refractivity contribution >= 4 is 18.6 Å². The molecule has 0 aliphatic heterocycles. The van der Waals surface area contributed by atoms with Gasteiger partial charge < -0.3 is 4.74 Å². The van der Waals surface area contributed by atoms with E-state index >= 15 is 0 Å². The zero-order valence-electron chi connectivity index (χ0n) is 9.93. The van der Waals surface area contributed by atoms with Crippen molar-refractivity contribution in [3.8, 4) is 0 Å². The lowest BCUT2D eigenvalue weighted by Crippen LogP contribution is -2.16. The van der Waals surface area contributed by atoms with Crippen molar-refractivity contribution in [2.75, 3.05) is 0 Å². The van der Waals surface area contributed by atoms with Gasteiger partial charge >= 0.3 is 5.97 Å². The van der Waals surface area contributed by atoms with E-state index in [0.717, 1.165) is 11.3 Å². The van der Waals surface area contributed by atoms with Gasteiger partial charge in [-0.25, -0.2) is 4.79 Å². The Kier molecular flexibility index (Phi) is 4.87. The van der Waals surface area contributed by atoms with Gasteiger partial charge in [0.1, 0.15) is 0 Å². The van der Waals surface area contributed by atoms with E-state index in [4.69, 9.17) is 4.74 Å². The molecule has 0 fully saturated rings. The quantitative estimate of drug-likeness (QED) is 0.641. The van der Waals surface area contributed by atoms with Gasteiger partial charge in [-0.15, -0.1) is 12.6 Å². The molecule has 0 aliphatic rings. The van der Waals surface area contributed by atoms with Gasteiger partial charge in [0.05, 0.1) is 11.7 Å². The van der Waals surface area contributed by atoms with Gasteiger partial charge in [-0.2, -0.15) is 0 Å². The molecule has 0 N–H and O–H groups in total. The van der Waals surface area contributed by atoms with Crippen molar-refractivity contribution in [2.45, 2.75) is 38.2 Å². The third kappa shape index (κ3) is 4.27. The van der Waals surface area contributed by atoms with E-state index in [-0.39, 0.29) is 12.1 Å². The average Bonchev–Trinajstić information content (AvgIpc) is 2.16. The molecule has 0 radical (unpaired) electrons. The SMILES string of the molecule is CC(C)CC(C)OC(=O)c1cccc(S)c1. The Hall–Kier alpha value is -0.960. The van der Waals surface area contributed by atoms with Gasteiger partial charge in [-0.05, 0) is 37.5 Å². The first kappa shape index (κ1) is 13.1. The van der Waals surface area contributed by atoms with E-state index in [1.165, 1.54) is 0 Å². The molecule has 0 amide bonds. The monoisotopic (exact) mass is 238 g/mol. The summed E-state index contributed by atoms with van der Waals surface area (Å²) in [6.45, 7) is 6.14. The summed E-state index contributed by atoms with van der Waals surface area (Å²) in [4.78, 5) is 12.5. The molecule has 3 heteroatoms. The molecule has 0 saturated heterocycles. The summed E-state index contributed by atoms with van der Waals surface area (Å²) >= 11 is 4.19. The predicted octanol–water partition coefficient (Wildman–Crippen LogP) is 3.57. The van der Waals surface area contributed by atoms with Crippen LogP contribution in [0, 0.1) is 5.92 Å². The summed E-state index contributed by atoms with van der Waals surface area (Å²) in [6, 6.07) is 7.08. The van der Waals surface area contributed by atoms with Crippen molar-refractivity contribution < 1.29 is 9.53 Å². The van der Waals surface area contributed by atoms with Crippen molar-refractivity contribution in [3.63, 3.8) is 0 Å². The molecule has 0 aromatic heterocycles. The first-order valence-corrected chi connectivity index (χ1v) is 5.93. The van der Waals surface area contributed by atoms with Crippen molar-refractivity contribution in [1.29, 1.82) is 0 Å². The van der Waals surface area contributed by atoms with Crippen LogP contribution in [0.3, 0.4) is 0 Å². The van der Waals surface area contributed by atoms with Crippen LogP contribution in [0.2, 0.25) is 0 Å². The third-order valence-electron chi connectivity index (χ3n) is 2.19. The van der Waals surface area contributed by atoms with Gasteiger partial charge in [0, 0.05) is 4.90 Å². The van der Waals surface area contributed by atoms with E-state index in [2.05, 4.69) is 26.5 Å². The summed E-state index contributed by atoms with van der Waals surface area (Å²) in [5.74, 6) is 0.253. The molecule has 1 aromatic carbocycles. The lowest BCUT2D eigenvalue weighted by Gasteiger charge is -2.15. The molecule has 0 saturated carbocycles. The van der Waals surface area contributed by atoms with Crippen LogP contribution in [0.25, 0.3) is 0 Å². The third-order valence-corrected chi connectivity index (χ3v) is 2.47. The van der Waals surface area contributed by atoms with Crippen LogP contribution >= 0.6 is 12.6 Å². The molecule has 0 spiro atoms. The Morgan fingerprint density at radius 1 is 1.38 bits per heavy atom. The second-order valence-electron chi connectivity index (χ2n) is 4.40. The number of esters is 1. The van der Waals surface area contributed by atoms with Gasteiger partial charge in [-0.1, -0.05) is 19.9 Å². The highest BCUT2D eigenvalue weighted by molar-refractivity contribution is 7.80. The molecule has 0 aliphatic carbocycles. The van der Waals surface area contributed by atoms with E-state index in [0.29, 0.717) is 11.5 Å². The standard InChI is InChI=1S/C13H18O2S/c1-9(2)7-10(3)15-13(14)11-5-4-6-12(16)8-11/h4-6,8-10,16H,7H2,1-3H3. The normalized spacial score (nSPS) is 12.6. The van der Waals surface area contributed by atoms with Crippen molar-refractivity contribution in [1.82, 2.24) is 0 Å². The fourth-order valence-electron chi connectivity index (χ4n) is 1.60. The van der Waals surface area contributed by atoms with Gasteiger partial charge in [0.25, 0.3) is 0 Å². The molecule has 1 aromatic rings. The molecule has 2 nitrogen and oxygen atoms in total. The number of hydrogen-bond donors (Lipinski definition) is 1. The summed E-state index contributed by atoms with van der Waals surface area (Å²) in [6.07, 6.45) is 0.836. The Labute approximate surface area is 102 Å². The number of rotatable bonds is 4. The van der Waals surface area contributed by atoms with Crippen molar-refractivity contribution in [3.05, 3.63) is 29.8 Å². The van der Waals surface area contributed by atoms with Crippen LogP contribution in [0.4, 0.5) is 0 Å². The fourth-order valence-corrected chi connectivity index (χ4v) is 1.82. The Bertz CT molecular complexity index is 361.